The van der Waals surface area contributed by atoms with E-state index in [1.165, 1.54) is 32.2 Å². The molecule has 0 aromatic carbocycles. The number of hydrogen-bond donors (Lipinski definition) is 2. The molecule has 18 heteroatoms. The highest BCUT2D eigenvalue weighted by atomic mass is 16.7. The molecule has 54 heavy (non-hydrogen) atoms. The fourth-order valence-corrected chi connectivity index (χ4v) is 8.96. The maximum absolute atomic E-state index is 14.2. The number of aromatic nitrogens is 1. The van der Waals surface area contributed by atoms with Crippen LogP contribution in [0.5, 0.6) is 0 Å². The normalized spacial score (nSPS) is 39.8. The zero-order chi connectivity index (χ0) is 40.3. The van der Waals surface area contributed by atoms with Crippen molar-refractivity contribution in [2.45, 2.75) is 122 Å². The number of hydrogen-bond acceptors (Lipinski definition) is 18. The van der Waals surface area contributed by atoms with E-state index >= 15 is 0 Å². The molecule has 0 radical (unpaired) electrons. The molecule has 1 aromatic rings. The Kier molecular flexibility index (Phi) is 10.6. The number of aliphatic hydroxyl groups is 2. The van der Waals surface area contributed by atoms with Gasteiger partial charge in [0, 0.05) is 46.7 Å². The van der Waals surface area contributed by atoms with Gasteiger partial charge in [-0.3, -0.25) is 33.8 Å². The number of fused-ring (bicyclic) bond motifs is 5. The predicted octanol–water partition coefficient (Wildman–Crippen LogP) is 0.463. The molecule has 5 rings (SSSR count). The fourth-order valence-electron chi connectivity index (χ4n) is 8.96. The monoisotopic (exact) mass is 763 g/mol. The van der Waals surface area contributed by atoms with Gasteiger partial charge in [0.05, 0.1) is 23.1 Å². The summed E-state index contributed by atoms with van der Waals surface area (Å²) in [5.41, 5.74) is -9.90. The lowest BCUT2D eigenvalue weighted by Gasteiger charge is -2.67. The smallest absolute Gasteiger partial charge is 0.340 e. The molecule has 1 aromatic heterocycles. The zero-order valence-corrected chi connectivity index (χ0v) is 31.3. The molecular weight excluding hydrogens is 718 g/mol. The Hall–Kier alpha value is -4.68. The van der Waals surface area contributed by atoms with Crippen LogP contribution in [0.1, 0.15) is 84.3 Å². The summed E-state index contributed by atoms with van der Waals surface area (Å²) in [6.07, 6.45) is -10.6. The fraction of sp³-hybridized carbons (Fsp3) is 0.667. The van der Waals surface area contributed by atoms with Crippen molar-refractivity contribution in [3.8, 4) is 0 Å². The molecule has 1 spiro atoms. The largest absolute Gasteiger partial charge is 0.465 e. The molecule has 18 nitrogen and oxygen atoms in total. The van der Waals surface area contributed by atoms with Crippen molar-refractivity contribution in [1.82, 2.24) is 4.98 Å². The lowest BCUT2D eigenvalue weighted by molar-refractivity contribution is -0.386. The average Bonchev–Trinajstić information content (AvgIpc) is 3.30. The van der Waals surface area contributed by atoms with Crippen LogP contribution >= 0.6 is 0 Å². The van der Waals surface area contributed by atoms with Crippen molar-refractivity contribution in [2.75, 3.05) is 13.2 Å². The minimum atomic E-state index is -2.78. The van der Waals surface area contributed by atoms with E-state index in [2.05, 4.69) is 4.98 Å². The first-order valence-corrected chi connectivity index (χ1v) is 17.3. The van der Waals surface area contributed by atoms with E-state index in [9.17, 15) is 43.8 Å². The average molecular weight is 764 g/mol. The Morgan fingerprint density at radius 3 is 2.00 bits per heavy atom. The molecule has 0 amide bonds. The van der Waals surface area contributed by atoms with Gasteiger partial charge in [0.1, 0.15) is 48.1 Å². The second-order valence-electron chi connectivity index (χ2n) is 14.7. The molecule has 1 saturated heterocycles. The maximum Gasteiger partial charge on any atom is 0.340 e. The lowest BCUT2D eigenvalue weighted by atomic mass is 9.45. The van der Waals surface area contributed by atoms with Gasteiger partial charge in [-0.05, 0) is 26.0 Å². The third-order valence-electron chi connectivity index (χ3n) is 11.2. The summed E-state index contributed by atoms with van der Waals surface area (Å²) in [6, 6.07) is 2.91. The van der Waals surface area contributed by atoms with Crippen molar-refractivity contribution in [3.63, 3.8) is 0 Å². The third kappa shape index (κ3) is 6.17. The van der Waals surface area contributed by atoms with E-state index in [1.807, 2.05) is 0 Å². The van der Waals surface area contributed by atoms with Crippen molar-refractivity contribution in [3.05, 3.63) is 29.6 Å². The maximum atomic E-state index is 14.2. The molecule has 2 aliphatic carbocycles. The van der Waals surface area contributed by atoms with Gasteiger partial charge in [0.2, 0.25) is 0 Å². The van der Waals surface area contributed by atoms with Crippen LogP contribution in [0.25, 0.3) is 0 Å². The second-order valence-corrected chi connectivity index (χ2v) is 14.7. The van der Waals surface area contributed by atoms with Crippen LogP contribution in [-0.2, 0) is 66.7 Å². The molecule has 4 aliphatic rings. The molecule has 2 N–H and O–H groups in total. The SMILES string of the molecule is CC(=O)OCC12C(OC(C)=O)C(O)C3C(OC(C)=O)C14OC3(C)COC(=O)c1cccnc1C(C)C(C)C(=O)OC(C(OC(C)=O)C2OC(C)=O)C4(C)O. The van der Waals surface area contributed by atoms with Gasteiger partial charge < -0.3 is 48.1 Å². The standard InChI is InChI=1S/C36H45NO17/c1-15-16(2)31(44)53-29-26(49-18(4)39)30(52-21(7)42)35(14-47-17(3)38)28(51-20(6)41)25(43)23-27(50-19(5)40)36(35,34(29,9)46)54-33(23,8)13-48-32(45)22-11-10-12-37-24(15)22/h10-12,15-16,23,25-30,43,46H,13-14H2,1-9H3. The second kappa shape index (κ2) is 14.2. The number of cyclic esters (lactones) is 1. The van der Waals surface area contributed by atoms with Gasteiger partial charge in [-0.1, -0.05) is 13.8 Å². The van der Waals surface area contributed by atoms with Crippen molar-refractivity contribution in [1.29, 1.82) is 0 Å². The Bertz CT molecular complexity index is 1740. The summed E-state index contributed by atoms with van der Waals surface area (Å²) in [4.78, 5) is 97.0. The highest BCUT2D eigenvalue weighted by Gasteiger charge is 2.91. The Balaban J connectivity index is 1.96. The van der Waals surface area contributed by atoms with E-state index in [-0.39, 0.29) is 11.3 Å². The molecule has 296 valence electrons. The van der Waals surface area contributed by atoms with Crippen molar-refractivity contribution in [2.24, 2.45) is 17.3 Å². The molecule has 4 bridgehead atoms. The Morgan fingerprint density at radius 2 is 1.43 bits per heavy atom. The summed E-state index contributed by atoms with van der Waals surface area (Å²) in [5.74, 6) is -10.5. The highest BCUT2D eigenvalue weighted by Crippen LogP contribution is 2.69. The summed E-state index contributed by atoms with van der Waals surface area (Å²) in [6.45, 7) is 8.75. The van der Waals surface area contributed by atoms with Gasteiger partial charge in [0.15, 0.2) is 23.9 Å². The lowest BCUT2D eigenvalue weighted by Crippen LogP contribution is -2.89. The molecular formula is C36H45NO17. The van der Waals surface area contributed by atoms with Crippen molar-refractivity contribution < 1.29 is 81.7 Å². The molecule has 13 unspecified atom stereocenters. The van der Waals surface area contributed by atoms with Crippen LogP contribution in [-0.4, -0.2) is 124 Å². The molecule has 3 heterocycles. The van der Waals surface area contributed by atoms with Gasteiger partial charge in [-0.15, -0.1) is 0 Å². The number of rotatable bonds is 6. The quantitative estimate of drug-likeness (QED) is 0.295. The summed E-state index contributed by atoms with van der Waals surface area (Å²) in [7, 11) is 0. The Labute approximate surface area is 310 Å². The number of carbonyl (C=O) groups excluding carboxylic acids is 7. The van der Waals surface area contributed by atoms with Crippen LogP contribution in [0.2, 0.25) is 0 Å². The minimum Gasteiger partial charge on any atom is -0.465 e. The van der Waals surface area contributed by atoms with E-state index < -0.39 is 132 Å². The number of ether oxygens (including phenoxy) is 8. The number of pyridine rings is 1. The third-order valence-corrected chi connectivity index (χ3v) is 11.2. The molecule has 3 fully saturated rings. The summed E-state index contributed by atoms with van der Waals surface area (Å²) >= 11 is 0. The van der Waals surface area contributed by atoms with Gasteiger partial charge in [-0.2, -0.15) is 0 Å². The zero-order valence-electron chi connectivity index (χ0n) is 31.3. The topological polar surface area (TPSA) is 247 Å². The summed E-state index contributed by atoms with van der Waals surface area (Å²) in [5, 5.41) is 25.7. The first-order chi connectivity index (χ1) is 25.1. The Morgan fingerprint density at radius 1 is 0.852 bits per heavy atom. The van der Waals surface area contributed by atoms with Crippen molar-refractivity contribution >= 4 is 41.8 Å². The molecule has 2 aliphatic heterocycles. The first-order valence-electron chi connectivity index (χ1n) is 17.3. The van der Waals surface area contributed by atoms with E-state index in [0.717, 1.165) is 41.5 Å². The first kappa shape index (κ1) is 40.5. The minimum absolute atomic E-state index is 0.0246. The number of carbonyl (C=O) groups is 7. The van der Waals surface area contributed by atoms with Crippen LogP contribution in [0.4, 0.5) is 0 Å². The van der Waals surface area contributed by atoms with Gasteiger partial charge >= 0.3 is 41.8 Å². The predicted molar refractivity (Wildman–Crippen MR) is 176 cm³/mol. The van der Waals surface area contributed by atoms with Crippen LogP contribution in [0, 0.1) is 17.3 Å². The van der Waals surface area contributed by atoms with Gasteiger partial charge in [0.25, 0.3) is 0 Å². The number of esters is 7. The van der Waals surface area contributed by atoms with E-state index in [1.54, 1.807) is 6.92 Å². The van der Waals surface area contributed by atoms with Gasteiger partial charge in [-0.25, -0.2) is 4.79 Å². The number of aliphatic hydroxyl groups excluding tert-OH is 1. The van der Waals surface area contributed by atoms with E-state index in [4.69, 9.17) is 37.9 Å². The van der Waals surface area contributed by atoms with Crippen LogP contribution in [0.3, 0.4) is 0 Å². The van der Waals surface area contributed by atoms with E-state index in [0.29, 0.717) is 0 Å². The highest BCUT2D eigenvalue weighted by molar-refractivity contribution is 5.91. The van der Waals surface area contributed by atoms with Crippen LogP contribution in [0.15, 0.2) is 18.3 Å². The summed E-state index contributed by atoms with van der Waals surface area (Å²) < 4.78 is 47.7. The molecule has 2 saturated carbocycles. The van der Waals surface area contributed by atoms with Crippen LogP contribution < -0.4 is 0 Å². The molecule has 13 atom stereocenters. The number of nitrogens with zero attached hydrogens (tertiary/aromatic N) is 1.